The van der Waals surface area contributed by atoms with Gasteiger partial charge in [0.25, 0.3) is 0 Å². The van der Waals surface area contributed by atoms with Crippen LogP contribution in [-0.4, -0.2) is 20.2 Å². The Labute approximate surface area is 96.2 Å². The first-order valence-electron chi connectivity index (χ1n) is 5.62. The van der Waals surface area contributed by atoms with E-state index in [4.69, 9.17) is 10.00 Å². The van der Waals surface area contributed by atoms with Gasteiger partial charge >= 0.3 is 0 Å². The fourth-order valence-corrected chi connectivity index (χ4v) is 2.11. The number of para-hydroxylation sites is 1. The van der Waals surface area contributed by atoms with Crippen LogP contribution in [0.3, 0.4) is 0 Å². The first-order valence-corrected chi connectivity index (χ1v) is 5.62. The highest BCUT2D eigenvalue weighted by Gasteiger charge is 2.29. The van der Waals surface area contributed by atoms with Gasteiger partial charge < -0.3 is 9.64 Å². The number of hydrogen-bond acceptors (Lipinski definition) is 3. The van der Waals surface area contributed by atoms with Crippen molar-refractivity contribution in [1.29, 1.82) is 5.26 Å². The molecule has 0 atom stereocenters. The van der Waals surface area contributed by atoms with Crippen LogP contribution in [0.2, 0.25) is 0 Å². The lowest BCUT2D eigenvalue weighted by Crippen LogP contribution is -2.46. The number of nitriles is 1. The highest BCUT2D eigenvalue weighted by atomic mass is 16.5. The van der Waals surface area contributed by atoms with E-state index in [0.717, 1.165) is 30.4 Å². The molecule has 0 N–H and O–H groups in total. The van der Waals surface area contributed by atoms with Gasteiger partial charge in [-0.05, 0) is 24.5 Å². The third kappa shape index (κ3) is 1.71. The summed E-state index contributed by atoms with van der Waals surface area (Å²) in [6.07, 6.45) is 1.20. The minimum Gasteiger partial charge on any atom is -0.495 e. The second-order valence-electron chi connectivity index (χ2n) is 4.15. The van der Waals surface area contributed by atoms with Gasteiger partial charge in [-0.15, -0.1) is 0 Å². The van der Waals surface area contributed by atoms with Crippen LogP contribution < -0.4 is 9.64 Å². The normalized spacial score (nSPS) is 15.4. The second kappa shape index (κ2) is 4.44. The van der Waals surface area contributed by atoms with Gasteiger partial charge in [0.15, 0.2) is 0 Å². The van der Waals surface area contributed by atoms with Crippen molar-refractivity contribution in [2.75, 3.05) is 25.1 Å². The molecule has 1 aromatic rings. The zero-order valence-electron chi connectivity index (χ0n) is 9.73. The molecule has 0 bridgehead atoms. The minimum atomic E-state index is 0.703. The van der Waals surface area contributed by atoms with E-state index in [1.807, 2.05) is 18.2 Å². The molecule has 0 radical (unpaired) electrons. The fraction of sp³-hybridized carbons (Fsp3) is 0.462. The van der Waals surface area contributed by atoms with E-state index in [1.54, 1.807) is 7.11 Å². The van der Waals surface area contributed by atoms with Crippen molar-refractivity contribution in [2.45, 2.75) is 13.3 Å². The summed E-state index contributed by atoms with van der Waals surface area (Å²) < 4.78 is 5.32. The number of methoxy groups -OCH3 is 1. The van der Waals surface area contributed by atoms with Crippen molar-refractivity contribution >= 4 is 5.69 Å². The predicted octanol–water partition coefficient (Wildman–Crippen LogP) is 2.41. The van der Waals surface area contributed by atoms with E-state index in [1.165, 1.54) is 6.42 Å². The average molecular weight is 216 g/mol. The summed E-state index contributed by atoms with van der Waals surface area (Å²) in [7, 11) is 1.65. The molecule has 0 unspecified atom stereocenters. The molecule has 1 aromatic carbocycles. The molecule has 3 nitrogen and oxygen atoms in total. The molecule has 16 heavy (non-hydrogen) atoms. The van der Waals surface area contributed by atoms with E-state index < -0.39 is 0 Å². The van der Waals surface area contributed by atoms with E-state index in [2.05, 4.69) is 17.9 Å². The fourth-order valence-electron chi connectivity index (χ4n) is 2.11. The van der Waals surface area contributed by atoms with Crippen LogP contribution in [0.15, 0.2) is 18.2 Å². The lowest BCUT2D eigenvalue weighted by molar-refractivity contribution is 0.380. The van der Waals surface area contributed by atoms with Gasteiger partial charge in [0.2, 0.25) is 0 Å². The Balaban J connectivity index is 2.29. The van der Waals surface area contributed by atoms with Gasteiger partial charge in [0, 0.05) is 13.1 Å². The highest BCUT2D eigenvalue weighted by molar-refractivity contribution is 5.69. The Morgan fingerprint density at radius 2 is 2.25 bits per heavy atom. The zero-order chi connectivity index (χ0) is 11.5. The molecule has 1 heterocycles. The summed E-state index contributed by atoms with van der Waals surface area (Å²) in [5.74, 6) is 1.56. The smallest absolute Gasteiger partial charge is 0.143 e. The largest absolute Gasteiger partial charge is 0.495 e. The summed E-state index contributed by atoms with van der Waals surface area (Å²) in [4.78, 5) is 2.23. The Morgan fingerprint density at radius 3 is 2.81 bits per heavy atom. The topological polar surface area (TPSA) is 36.3 Å². The standard InChI is InChI=1S/C13H16N2O/c1-3-10-8-15(9-10)13-11(7-14)5-4-6-12(13)16-2/h4-6,10H,3,8-9H2,1-2H3. The molecule has 1 aliphatic rings. The van der Waals surface area contributed by atoms with Crippen LogP contribution in [-0.2, 0) is 0 Å². The lowest BCUT2D eigenvalue weighted by Gasteiger charge is -2.41. The van der Waals surface area contributed by atoms with Crippen LogP contribution in [0.4, 0.5) is 5.69 Å². The summed E-state index contributed by atoms with van der Waals surface area (Å²) in [6, 6.07) is 7.85. The van der Waals surface area contributed by atoms with Crippen molar-refractivity contribution in [2.24, 2.45) is 5.92 Å². The Kier molecular flexibility index (Phi) is 3.00. The first-order chi connectivity index (χ1) is 7.80. The predicted molar refractivity (Wildman–Crippen MR) is 63.7 cm³/mol. The van der Waals surface area contributed by atoms with E-state index in [9.17, 15) is 0 Å². The van der Waals surface area contributed by atoms with Gasteiger partial charge in [-0.1, -0.05) is 13.0 Å². The van der Waals surface area contributed by atoms with Gasteiger partial charge in [0.1, 0.15) is 11.8 Å². The van der Waals surface area contributed by atoms with Crippen molar-refractivity contribution < 1.29 is 4.74 Å². The van der Waals surface area contributed by atoms with Gasteiger partial charge in [-0.2, -0.15) is 5.26 Å². The SMILES string of the molecule is CCC1CN(c2c(C#N)cccc2OC)C1. The average Bonchev–Trinajstić information content (AvgIpc) is 2.27. The molecular weight excluding hydrogens is 200 g/mol. The highest BCUT2D eigenvalue weighted by Crippen LogP contribution is 2.36. The summed E-state index contributed by atoms with van der Waals surface area (Å²) in [5, 5.41) is 9.10. The number of ether oxygens (including phenoxy) is 1. The van der Waals surface area contributed by atoms with Crippen LogP contribution >= 0.6 is 0 Å². The van der Waals surface area contributed by atoms with Crippen molar-refractivity contribution in [3.8, 4) is 11.8 Å². The molecule has 0 spiro atoms. The van der Waals surface area contributed by atoms with Crippen LogP contribution in [0.25, 0.3) is 0 Å². The van der Waals surface area contributed by atoms with Crippen LogP contribution in [0.1, 0.15) is 18.9 Å². The minimum absolute atomic E-state index is 0.703. The first kappa shape index (κ1) is 10.8. The third-order valence-electron chi connectivity index (χ3n) is 3.19. The van der Waals surface area contributed by atoms with Gasteiger partial charge in [-0.25, -0.2) is 0 Å². The molecule has 0 saturated carbocycles. The number of benzene rings is 1. The molecule has 0 amide bonds. The van der Waals surface area contributed by atoms with Gasteiger partial charge in [0.05, 0.1) is 18.4 Å². The maximum Gasteiger partial charge on any atom is 0.143 e. The summed E-state index contributed by atoms with van der Waals surface area (Å²) in [5.41, 5.74) is 1.66. The molecule has 1 saturated heterocycles. The maximum absolute atomic E-state index is 9.10. The van der Waals surface area contributed by atoms with Crippen molar-refractivity contribution in [3.05, 3.63) is 23.8 Å². The Hall–Kier alpha value is -1.69. The van der Waals surface area contributed by atoms with Crippen LogP contribution in [0.5, 0.6) is 5.75 Å². The van der Waals surface area contributed by atoms with E-state index >= 15 is 0 Å². The maximum atomic E-state index is 9.10. The molecule has 0 aromatic heterocycles. The molecule has 0 aliphatic carbocycles. The number of nitrogens with zero attached hydrogens (tertiary/aromatic N) is 2. The monoisotopic (exact) mass is 216 g/mol. The number of rotatable bonds is 3. The third-order valence-corrected chi connectivity index (χ3v) is 3.19. The molecule has 2 rings (SSSR count). The van der Waals surface area contributed by atoms with E-state index in [0.29, 0.717) is 5.56 Å². The quantitative estimate of drug-likeness (QED) is 0.778. The Morgan fingerprint density at radius 1 is 1.50 bits per heavy atom. The van der Waals surface area contributed by atoms with Crippen LogP contribution in [0, 0.1) is 17.2 Å². The molecule has 3 heteroatoms. The second-order valence-corrected chi connectivity index (χ2v) is 4.15. The number of anilines is 1. The summed E-state index contributed by atoms with van der Waals surface area (Å²) in [6.45, 7) is 4.27. The number of hydrogen-bond donors (Lipinski definition) is 0. The molecular formula is C13H16N2O. The molecule has 84 valence electrons. The summed E-state index contributed by atoms with van der Waals surface area (Å²) >= 11 is 0. The van der Waals surface area contributed by atoms with E-state index in [-0.39, 0.29) is 0 Å². The lowest BCUT2D eigenvalue weighted by atomic mass is 9.95. The van der Waals surface area contributed by atoms with Crippen molar-refractivity contribution in [3.63, 3.8) is 0 Å². The van der Waals surface area contributed by atoms with Crippen molar-refractivity contribution in [1.82, 2.24) is 0 Å². The van der Waals surface area contributed by atoms with Gasteiger partial charge in [-0.3, -0.25) is 0 Å². The molecule has 1 aliphatic heterocycles. The Bertz CT molecular complexity index is 416. The zero-order valence-corrected chi connectivity index (χ0v) is 9.73. The molecule has 1 fully saturated rings.